The van der Waals surface area contributed by atoms with Crippen molar-refractivity contribution in [1.29, 1.82) is 0 Å². The predicted molar refractivity (Wildman–Crippen MR) is 151 cm³/mol. The Labute approximate surface area is 232 Å². The van der Waals surface area contributed by atoms with Gasteiger partial charge in [-0.05, 0) is 61.1 Å². The minimum Gasteiger partial charge on any atom is -0.355 e. The van der Waals surface area contributed by atoms with Gasteiger partial charge in [0.2, 0.25) is 11.8 Å². The lowest BCUT2D eigenvalue weighted by molar-refractivity contribution is -0.141. The van der Waals surface area contributed by atoms with Gasteiger partial charge in [-0.2, -0.15) is 0 Å². The molecule has 0 bridgehead atoms. The van der Waals surface area contributed by atoms with E-state index in [1.165, 1.54) is 0 Å². The lowest BCUT2D eigenvalue weighted by atomic mass is 10.0. The zero-order valence-corrected chi connectivity index (χ0v) is 23.1. The van der Waals surface area contributed by atoms with Gasteiger partial charge in [-0.15, -0.1) is 11.8 Å². The van der Waals surface area contributed by atoms with Crippen LogP contribution in [0.2, 0.25) is 15.1 Å². The minimum atomic E-state index is -0.698. The quantitative estimate of drug-likeness (QED) is 0.186. The average molecular weight is 564 g/mol. The minimum absolute atomic E-state index is 0.116. The maximum Gasteiger partial charge on any atom is 0.243 e. The number of hydrogen-bond acceptors (Lipinski definition) is 3. The van der Waals surface area contributed by atoms with Crippen LogP contribution >= 0.6 is 46.6 Å². The Morgan fingerprint density at radius 1 is 0.917 bits per heavy atom. The molecule has 2 amide bonds. The molecule has 0 heterocycles. The first-order chi connectivity index (χ1) is 17.4. The van der Waals surface area contributed by atoms with E-state index >= 15 is 0 Å². The molecule has 4 nitrogen and oxygen atoms in total. The molecular formula is C28H29Cl3N2O2S. The van der Waals surface area contributed by atoms with E-state index in [1.807, 2.05) is 61.5 Å². The highest BCUT2D eigenvalue weighted by Gasteiger charge is 2.30. The molecule has 0 saturated heterocycles. The lowest BCUT2D eigenvalue weighted by Gasteiger charge is -2.32. The van der Waals surface area contributed by atoms with Gasteiger partial charge in [0, 0.05) is 51.5 Å². The number of thioether (sulfide) groups is 1. The van der Waals surface area contributed by atoms with Gasteiger partial charge < -0.3 is 10.2 Å². The Morgan fingerprint density at radius 3 is 2.22 bits per heavy atom. The van der Waals surface area contributed by atoms with E-state index < -0.39 is 6.04 Å². The molecule has 0 spiro atoms. The largest absolute Gasteiger partial charge is 0.355 e. The maximum atomic E-state index is 13.6. The summed E-state index contributed by atoms with van der Waals surface area (Å²) < 4.78 is 0. The van der Waals surface area contributed by atoms with E-state index in [0.717, 1.165) is 16.2 Å². The molecule has 0 fully saturated rings. The third kappa shape index (κ3) is 8.45. The molecule has 36 heavy (non-hydrogen) atoms. The number of amides is 2. The summed E-state index contributed by atoms with van der Waals surface area (Å²) in [5.74, 6) is 0.446. The van der Waals surface area contributed by atoms with E-state index in [-0.39, 0.29) is 18.4 Å². The normalized spacial score (nSPS) is 11.7. The molecule has 0 aliphatic rings. The first kappa shape index (κ1) is 28.4. The number of halogens is 3. The van der Waals surface area contributed by atoms with Crippen LogP contribution in [0.5, 0.6) is 0 Å². The van der Waals surface area contributed by atoms with Crippen LogP contribution in [0.3, 0.4) is 0 Å². The fraction of sp³-hybridized carbons (Fsp3) is 0.286. The van der Waals surface area contributed by atoms with Crippen LogP contribution in [0, 0.1) is 0 Å². The fourth-order valence-corrected chi connectivity index (χ4v) is 5.28. The third-order valence-electron chi connectivity index (χ3n) is 5.63. The van der Waals surface area contributed by atoms with E-state index in [4.69, 9.17) is 34.8 Å². The SMILES string of the molecule is CCNC(=O)[C@@H](Cc1ccccc1)N(Cc1c(Cl)cccc1Cl)C(=O)CCCSc1ccc(Cl)cc1. The first-order valence-corrected chi connectivity index (χ1v) is 13.9. The van der Waals surface area contributed by atoms with Crippen molar-refractivity contribution >= 4 is 58.4 Å². The molecule has 0 unspecified atom stereocenters. The second-order valence-corrected chi connectivity index (χ2v) is 10.6. The summed E-state index contributed by atoms with van der Waals surface area (Å²) in [5, 5.41) is 4.52. The van der Waals surface area contributed by atoms with Crippen LogP contribution in [0.4, 0.5) is 0 Å². The molecule has 0 aliphatic heterocycles. The topological polar surface area (TPSA) is 49.4 Å². The molecule has 0 aliphatic carbocycles. The Hall–Kier alpha value is -2.18. The number of likely N-dealkylation sites (N-methyl/N-ethyl adjacent to an activating group) is 1. The van der Waals surface area contributed by atoms with Crippen LogP contribution in [0.25, 0.3) is 0 Å². The molecule has 3 aromatic rings. The van der Waals surface area contributed by atoms with Crippen molar-refractivity contribution in [2.75, 3.05) is 12.3 Å². The van der Waals surface area contributed by atoms with E-state index in [1.54, 1.807) is 34.9 Å². The standard InChI is InChI=1S/C28H29Cl3N2O2S/c1-2-32-28(35)26(18-20-8-4-3-5-9-20)33(19-23-24(30)10-6-11-25(23)31)27(34)12-7-17-36-22-15-13-21(29)14-16-22/h3-6,8-11,13-16,26H,2,7,12,17-19H2,1H3,(H,32,35)/t26-/m1/s1. The summed E-state index contributed by atoms with van der Waals surface area (Å²) in [6.07, 6.45) is 1.35. The van der Waals surface area contributed by atoms with Gasteiger partial charge in [-0.1, -0.05) is 71.2 Å². The van der Waals surface area contributed by atoms with Gasteiger partial charge in [-0.3, -0.25) is 9.59 Å². The Kier molecular flexibility index (Phi) is 11.5. The van der Waals surface area contributed by atoms with Crippen molar-refractivity contribution < 1.29 is 9.59 Å². The number of carbonyl (C=O) groups is 2. The van der Waals surface area contributed by atoms with Crippen LogP contribution in [-0.4, -0.2) is 35.1 Å². The number of hydrogen-bond donors (Lipinski definition) is 1. The van der Waals surface area contributed by atoms with E-state index in [0.29, 0.717) is 46.4 Å². The van der Waals surface area contributed by atoms with Gasteiger partial charge in [0.1, 0.15) is 6.04 Å². The average Bonchev–Trinajstić information content (AvgIpc) is 2.87. The molecule has 190 valence electrons. The monoisotopic (exact) mass is 562 g/mol. The molecule has 0 radical (unpaired) electrons. The fourth-order valence-electron chi connectivity index (χ4n) is 3.79. The molecule has 1 N–H and O–H groups in total. The highest BCUT2D eigenvalue weighted by atomic mass is 35.5. The smallest absolute Gasteiger partial charge is 0.243 e. The van der Waals surface area contributed by atoms with Gasteiger partial charge in [0.15, 0.2) is 0 Å². The highest BCUT2D eigenvalue weighted by molar-refractivity contribution is 7.99. The van der Waals surface area contributed by atoms with Crippen molar-refractivity contribution in [3.63, 3.8) is 0 Å². The second kappa shape index (κ2) is 14.5. The number of carbonyl (C=O) groups excluding carboxylic acids is 2. The van der Waals surface area contributed by atoms with Crippen molar-refractivity contribution in [1.82, 2.24) is 10.2 Å². The number of benzene rings is 3. The van der Waals surface area contributed by atoms with Crippen molar-refractivity contribution in [3.05, 3.63) is 99.0 Å². The lowest BCUT2D eigenvalue weighted by Crippen LogP contribution is -2.50. The summed E-state index contributed by atoms with van der Waals surface area (Å²) in [5.41, 5.74) is 1.60. The number of rotatable bonds is 12. The highest BCUT2D eigenvalue weighted by Crippen LogP contribution is 2.28. The Balaban J connectivity index is 1.81. The number of nitrogens with one attached hydrogen (secondary N) is 1. The van der Waals surface area contributed by atoms with Crippen LogP contribution in [0.15, 0.2) is 77.7 Å². The molecule has 0 aromatic heterocycles. The summed E-state index contributed by atoms with van der Waals surface area (Å²) in [4.78, 5) is 29.5. The predicted octanol–water partition coefficient (Wildman–Crippen LogP) is 7.30. The Morgan fingerprint density at radius 2 is 1.58 bits per heavy atom. The van der Waals surface area contributed by atoms with Crippen LogP contribution in [-0.2, 0) is 22.6 Å². The summed E-state index contributed by atoms with van der Waals surface area (Å²) in [7, 11) is 0. The molecule has 1 atom stereocenters. The first-order valence-electron chi connectivity index (χ1n) is 11.8. The maximum absolute atomic E-state index is 13.6. The van der Waals surface area contributed by atoms with Crippen LogP contribution in [0.1, 0.15) is 30.9 Å². The zero-order chi connectivity index (χ0) is 25.9. The third-order valence-corrected chi connectivity index (χ3v) is 7.69. The summed E-state index contributed by atoms with van der Waals surface area (Å²) >= 11 is 20.5. The van der Waals surface area contributed by atoms with Gasteiger partial charge in [-0.25, -0.2) is 0 Å². The van der Waals surface area contributed by atoms with Crippen molar-refractivity contribution in [2.24, 2.45) is 0 Å². The zero-order valence-electron chi connectivity index (χ0n) is 20.1. The molecule has 0 saturated carbocycles. The molecular weight excluding hydrogens is 535 g/mol. The molecule has 8 heteroatoms. The Bertz CT molecular complexity index is 1120. The van der Waals surface area contributed by atoms with Crippen molar-refractivity contribution in [2.45, 2.75) is 43.7 Å². The molecule has 3 aromatic carbocycles. The van der Waals surface area contributed by atoms with Gasteiger partial charge in [0.25, 0.3) is 0 Å². The number of nitrogens with zero attached hydrogens (tertiary/aromatic N) is 1. The van der Waals surface area contributed by atoms with Gasteiger partial charge in [0.05, 0.1) is 0 Å². The van der Waals surface area contributed by atoms with Gasteiger partial charge >= 0.3 is 0 Å². The second-order valence-electron chi connectivity index (χ2n) is 8.23. The van der Waals surface area contributed by atoms with Crippen LogP contribution < -0.4 is 5.32 Å². The van der Waals surface area contributed by atoms with Crippen molar-refractivity contribution in [3.8, 4) is 0 Å². The van der Waals surface area contributed by atoms with E-state index in [9.17, 15) is 9.59 Å². The van der Waals surface area contributed by atoms with E-state index in [2.05, 4.69) is 5.32 Å². The summed E-state index contributed by atoms with van der Waals surface area (Å²) in [6.45, 7) is 2.48. The molecule has 3 rings (SSSR count). The summed E-state index contributed by atoms with van der Waals surface area (Å²) in [6, 6.07) is 21.9.